The predicted molar refractivity (Wildman–Crippen MR) is 125 cm³/mol. The number of fused-ring (bicyclic) bond motifs is 3. The van der Waals surface area contributed by atoms with Crippen LogP contribution < -0.4 is 4.18 Å². The monoisotopic (exact) mass is 484 g/mol. The summed E-state index contributed by atoms with van der Waals surface area (Å²) in [7, 11) is -5.81. The number of rotatable bonds is 2. The van der Waals surface area contributed by atoms with Crippen LogP contribution in [0.25, 0.3) is 21.9 Å². The van der Waals surface area contributed by atoms with Gasteiger partial charge in [-0.05, 0) is 40.0 Å². The lowest BCUT2D eigenvalue weighted by Gasteiger charge is -2.25. The Kier molecular flexibility index (Phi) is 5.69. The zero-order chi connectivity index (χ0) is 25.4. The van der Waals surface area contributed by atoms with Crippen molar-refractivity contribution in [1.82, 2.24) is 0 Å². The summed E-state index contributed by atoms with van der Waals surface area (Å²) in [6.45, 7) is 18.1. The molecule has 3 rings (SSSR count). The topological polar surface area (TPSA) is 56.5 Å². The second-order valence-corrected chi connectivity index (χ2v) is 13.1. The quantitative estimate of drug-likeness (QED) is 0.276. The fourth-order valence-corrected chi connectivity index (χ4v) is 4.17. The predicted octanol–water partition coefficient (Wildman–Crippen LogP) is 7.71. The molecule has 0 aliphatic heterocycles. The van der Waals surface area contributed by atoms with Gasteiger partial charge in [0.05, 0.1) is 0 Å². The van der Waals surface area contributed by atoms with E-state index in [1.165, 1.54) is 12.1 Å². The normalized spacial score (nSPS) is 14.3. The maximum atomic E-state index is 13.0. The zero-order valence-corrected chi connectivity index (χ0v) is 21.3. The standard InChI is InChI=1S/C25H31F3O4S/c1-22(2,3)14-10-16-17-12-15(32-33(29,30)25(26,27)28)13-19(24(7,8)9)21(17)31-20(16)18(11-14)23(4,5)6/h10-13H,1-9H3. The van der Waals surface area contributed by atoms with Crippen molar-refractivity contribution >= 4 is 32.1 Å². The third-order valence-corrected chi connectivity index (χ3v) is 6.60. The molecule has 182 valence electrons. The molecule has 0 amide bonds. The van der Waals surface area contributed by atoms with Gasteiger partial charge in [0.25, 0.3) is 0 Å². The number of benzene rings is 2. The number of alkyl halides is 3. The van der Waals surface area contributed by atoms with Crippen molar-refractivity contribution in [3.8, 4) is 5.75 Å². The molecule has 0 atom stereocenters. The zero-order valence-electron chi connectivity index (χ0n) is 20.5. The molecule has 0 unspecified atom stereocenters. The Bertz CT molecular complexity index is 1330. The molecule has 0 fully saturated rings. The highest BCUT2D eigenvalue weighted by molar-refractivity contribution is 7.88. The average Bonchev–Trinajstić information content (AvgIpc) is 2.94. The Balaban J connectivity index is 2.48. The van der Waals surface area contributed by atoms with Crippen LogP contribution in [0.3, 0.4) is 0 Å². The first-order chi connectivity index (χ1) is 14.6. The summed E-state index contributed by atoms with van der Waals surface area (Å²) in [5.41, 5.74) is -2.85. The molecule has 0 spiro atoms. The summed E-state index contributed by atoms with van der Waals surface area (Å²) in [4.78, 5) is 0. The van der Waals surface area contributed by atoms with Crippen LogP contribution in [0.5, 0.6) is 5.75 Å². The van der Waals surface area contributed by atoms with Crippen LogP contribution in [0, 0.1) is 0 Å². The highest BCUT2D eigenvalue weighted by Crippen LogP contribution is 2.44. The van der Waals surface area contributed by atoms with Crippen molar-refractivity contribution in [2.24, 2.45) is 0 Å². The minimum Gasteiger partial charge on any atom is -0.455 e. The van der Waals surface area contributed by atoms with Crippen LogP contribution in [0.4, 0.5) is 13.2 Å². The SMILES string of the molecule is CC(C)(C)c1cc(C(C)(C)C)c2oc3c(C(C)(C)C)cc(OS(=O)(=O)C(F)(F)F)cc3c2c1. The average molecular weight is 485 g/mol. The Labute approximate surface area is 193 Å². The van der Waals surface area contributed by atoms with Gasteiger partial charge in [-0.3, -0.25) is 0 Å². The van der Waals surface area contributed by atoms with E-state index in [4.69, 9.17) is 4.42 Å². The van der Waals surface area contributed by atoms with E-state index in [0.29, 0.717) is 27.5 Å². The molecule has 1 heterocycles. The van der Waals surface area contributed by atoms with Crippen LogP contribution in [-0.4, -0.2) is 13.9 Å². The van der Waals surface area contributed by atoms with Crippen LogP contribution >= 0.6 is 0 Å². The largest absolute Gasteiger partial charge is 0.534 e. The minimum atomic E-state index is -5.81. The summed E-state index contributed by atoms with van der Waals surface area (Å²) >= 11 is 0. The van der Waals surface area contributed by atoms with Gasteiger partial charge < -0.3 is 8.60 Å². The van der Waals surface area contributed by atoms with E-state index < -0.39 is 26.8 Å². The molecule has 3 aromatic rings. The lowest BCUT2D eigenvalue weighted by Crippen LogP contribution is -2.28. The third-order valence-electron chi connectivity index (χ3n) is 5.62. The smallest absolute Gasteiger partial charge is 0.455 e. The number of hydrogen-bond donors (Lipinski definition) is 0. The summed E-state index contributed by atoms with van der Waals surface area (Å²) in [5, 5.41) is 1.23. The van der Waals surface area contributed by atoms with Crippen molar-refractivity contribution in [1.29, 1.82) is 0 Å². The molecule has 0 aliphatic carbocycles. The van der Waals surface area contributed by atoms with Crippen molar-refractivity contribution < 1.29 is 30.2 Å². The third kappa shape index (κ3) is 4.72. The van der Waals surface area contributed by atoms with Crippen molar-refractivity contribution in [2.45, 2.75) is 84.1 Å². The molecule has 0 saturated carbocycles. The van der Waals surface area contributed by atoms with Gasteiger partial charge in [0.15, 0.2) is 0 Å². The summed E-state index contributed by atoms with van der Waals surface area (Å²) < 4.78 is 73.3. The Morgan fingerprint density at radius 1 is 0.697 bits per heavy atom. The van der Waals surface area contributed by atoms with E-state index in [0.717, 1.165) is 11.1 Å². The van der Waals surface area contributed by atoms with Crippen LogP contribution in [0.1, 0.15) is 79.0 Å². The van der Waals surface area contributed by atoms with E-state index in [9.17, 15) is 21.6 Å². The molecular formula is C25H31F3O4S. The van der Waals surface area contributed by atoms with Crippen molar-refractivity contribution in [3.63, 3.8) is 0 Å². The molecule has 0 radical (unpaired) electrons. The van der Waals surface area contributed by atoms with E-state index in [1.54, 1.807) is 0 Å². The van der Waals surface area contributed by atoms with Gasteiger partial charge in [0.2, 0.25) is 0 Å². The van der Waals surface area contributed by atoms with E-state index in [2.05, 4.69) is 51.8 Å². The first kappa shape index (κ1) is 25.4. The lowest BCUT2D eigenvalue weighted by atomic mass is 9.79. The van der Waals surface area contributed by atoms with Crippen LogP contribution in [-0.2, 0) is 26.4 Å². The first-order valence-corrected chi connectivity index (χ1v) is 12.1. The van der Waals surface area contributed by atoms with Gasteiger partial charge in [0.1, 0.15) is 16.9 Å². The maximum Gasteiger partial charge on any atom is 0.534 e. The number of furan rings is 1. The molecular weight excluding hydrogens is 453 g/mol. The second kappa shape index (κ2) is 7.39. The summed E-state index contributed by atoms with van der Waals surface area (Å²) in [6.07, 6.45) is 0. The van der Waals surface area contributed by atoms with Crippen LogP contribution in [0.2, 0.25) is 0 Å². The molecule has 8 heteroatoms. The highest BCUT2D eigenvalue weighted by atomic mass is 32.2. The molecule has 0 saturated heterocycles. The van der Waals surface area contributed by atoms with Crippen LogP contribution in [0.15, 0.2) is 28.7 Å². The minimum absolute atomic E-state index is 0.196. The molecule has 1 aromatic heterocycles. The van der Waals surface area contributed by atoms with Gasteiger partial charge in [-0.2, -0.15) is 21.6 Å². The van der Waals surface area contributed by atoms with E-state index in [-0.39, 0.29) is 10.8 Å². The molecule has 0 N–H and O–H groups in total. The second-order valence-electron chi connectivity index (χ2n) is 11.6. The number of halogens is 3. The Morgan fingerprint density at radius 2 is 1.15 bits per heavy atom. The van der Waals surface area contributed by atoms with Gasteiger partial charge in [-0.1, -0.05) is 68.4 Å². The van der Waals surface area contributed by atoms with Gasteiger partial charge in [-0.25, -0.2) is 0 Å². The fourth-order valence-electron chi connectivity index (χ4n) is 3.72. The lowest BCUT2D eigenvalue weighted by molar-refractivity contribution is -0.0500. The molecule has 33 heavy (non-hydrogen) atoms. The molecule has 4 nitrogen and oxygen atoms in total. The molecule has 0 aliphatic rings. The van der Waals surface area contributed by atoms with Crippen molar-refractivity contribution in [2.75, 3.05) is 0 Å². The highest BCUT2D eigenvalue weighted by Gasteiger charge is 2.48. The van der Waals surface area contributed by atoms with E-state index >= 15 is 0 Å². The molecule has 0 bridgehead atoms. The first-order valence-electron chi connectivity index (χ1n) is 10.7. The number of hydrogen-bond acceptors (Lipinski definition) is 4. The molecule has 2 aromatic carbocycles. The van der Waals surface area contributed by atoms with Crippen molar-refractivity contribution in [3.05, 3.63) is 41.0 Å². The van der Waals surface area contributed by atoms with Gasteiger partial charge in [-0.15, -0.1) is 0 Å². The van der Waals surface area contributed by atoms with Gasteiger partial charge in [0, 0.05) is 21.9 Å². The fraction of sp³-hybridized carbons (Fsp3) is 0.520. The summed E-state index contributed by atoms with van der Waals surface area (Å²) in [5.74, 6) is -0.397. The maximum absolute atomic E-state index is 13.0. The van der Waals surface area contributed by atoms with Gasteiger partial charge >= 0.3 is 15.6 Å². The van der Waals surface area contributed by atoms with E-state index in [1.807, 2.05) is 26.8 Å². The summed E-state index contributed by atoms with van der Waals surface area (Å²) in [6, 6.07) is 6.70. The Hall–Kier alpha value is -2.22. The Morgan fingerprint density at radius 3 is 1.58 bits per heavy atom.